The maximum atomic E-state index is 13.2. The Bertz CT molecular complexity index is 1580. The van der Waals surface area contributed by atoms with Crippen LogP contribution in [0, 0.1) is 11.3 Å². The van der Waals surface area contributed by atoms with E-state index in [0.717, 1.165) is 17.2 Å². The Labute approximate surface area is 219 Å². The van der Waals surface area contributed by atoms with Crippen molar-refractivity contribution in [3.8, 4) is 17.7 Å². The average Bonchev–Trinajstić information content (AvgIpc) is 3.38. The van der Waals surface area contributed by atoms with Gasteiger partial charge in [0.05, 0.1) is 35.1 Å². The summed E-state index contributed by atoms with van der Waals surface area (Å²) in [6.07, 6.45) is -4.90. The highest BCUT2D eigenvalue weighted by molar-refractivity contribution is 6.17. The van der Waals surface area contributed by atoms with Gasteiger partial charge in [-0.25, -0.2) is 4.98 Å². The van der Waals surface area contributed by atoms with E-state index in [4.69, 9.17) is 14.7 Å². The fraction of sp³-hybridized carbons (Fsp3) is 0.154. The van der Waals surface area contributed by atoms with Crippen molar-refractivity contribution in [1.29, 1.82) is 5.26 Å². The molecule has 0 spiro atoms. The zero-order valence-corrected chi connectivity index (χ0v) is 20.0. The number of fused-ring (bicyclic) bond motifs is 1. The van der Waals surface area contributed by atoms with Gasteiger partial charge in [-0.1, -0.05) is 53.6 Å². The SMILES string of the molecule is N#CCNc1cc(C(F)(F)F)cnc1-c1nnc(N[C@@H]2CC(=O)Nc3ccccc3C(c3ccccc3)=N2)o1. The number of alkyl halides is 3. The van der Waals surface area contributed by atoms with Crippen molar-refractivity contribution in [3.05, 3.63) is 83.6 Å². The number of hydrogen-bond donors (Lipinski definition) is 3. The van der Waals surface area contributed by atoms with Crippen LogP contribution < -0.4 is 16.0 Å². The Morgan fingerprint density at radius 2 is 1.87 bits per heavy atom. The number of aromatic nitrogens is 3. The molecule has 10 nitrogen and oxygen atoms in total. The Morgan fingerprint density at radius 3 is 2.64 bits per heavy atom. The summed E-state index contributed by atoms with van der Waals surface area (Å²) >= 11 is 0. The van der Waals surface area contributed by atoms with Crippen molar-refractivity contribution in [2.24, 2.45) is 4.99 Å². The number of pyridine rings is 1. The molecule has 0 unspecified atom stereocenters. The number of benzene rings is 2. The molecular weight excluding hydrogens is 513 g/mol. The van der Waals surface area contributed by atoms with E-state index >= 15 is 0 Å². The maximum Gasteiger partial charge on any atom is 0.417 e. The van der Waals surface area contributed by atoms with Gasteiger partial charge in [0.1, 0.15) is 12.7 Å². The van der Waals surface area contributed by atoms with Gasteiger partial charge in [-0.05, 0) is 12.1 Å². The van der Waals surface area contributed by atoms with Gasteiger partial charge in [0.2, 0.25) is 5.91 Å². The van der Waals surface area contributed by atoms with E-state index < -0.39 is 17.9 Å². The van der Waals surface area contributed by atoms with Gasteiger partial charge in [0, 0.05) is 17.3 Å². The van der Waals surface area contributed by atoms with Crippen molar-refractivity contribution in [1.82, 2.24) is 15.2 Å². The summed E-state index contributed by atoms with van der Waals surface area (Å²) in [4.78, 5) is 21.3. The molecule has 1 amide bonds. The number of halogens is 3. The minimum atomic E-state index is -4.64. The molecule has 39 heavy (non-hydrogen) atoms. The molecule has 0 aliphatic carbocycles. The molecule has 3 heterocycles. The van der Waals surface area contributed by atoms with Crippen LogP contribution in [0.2, 0.25) is 0 Å². The average molecular weight is 532 g/mol. The van der Waals surface area contributed by atoms with E-state index in [2.05, 4.69) is 31.1 Å². The van der Waals surface area contributed by atoms with Crippen LogP contribution in [0.5, 0.6) is 0 Å². The molecule has 13 heteroatoms. The van der Waals surface area contributed by atoms with Crippen LogP contribution in [0.25, 0.3) is 11.6 Å². The zero-order valence-electron chi connectivity index (χ0n) is 20.0. The Morgan fingerprint density at radius 1 is 1.10 bits per heavy atom. The highest BCUT2D eigenvalue weighted by Crippen LogP contribution is 2.34. The largest absolute Gasteiger partial charge is 0.417 e. The monoisotopic (exact) mass is 532 g/mol. The Kier molecular flexibility index (Phi) is 6.92. The van der Waals surface area contributed by atoms with Crippen LogP contribution in [0.4, 0.5) is 30.6 Å². The minimum absolute atomic E-state index is 0.0726. The van der Waals surface area contributed by atoms with Crippen molar-refractivity contribution >= 4 is 29.0 Å². The lowest BCUT2D eigenvalue weighted by Gasteiger charge is -2.21. The first-order valence-corrected chi connectivity index (χ1v) is 11.6. The van der Waals surface area contributed by atoms with Crippen molar-refractivity contribution in [2.45, 2.75) is 18.8 Å². The lowest BCUT2D eigenvalue weighted by Crippen LogP contribution is -2.29. The smallest absolute Gasteiger partial charge is 0.402 e. The number of amides is 1. The number of rotatable bonds is 6. The molecule has 2 aromatic carbocycles. The predicted molar refractivity (Wildman–Crippen MR) is 136 cm³/mol. The molecule has 0 radical (unpaired) electrons. The van der Waals surface area contributed by atoms with E-state index in [0.29, 0.717) is 17.6 Å². The van der Waals surface area contributed by atoms with Crippen LogP contribution in [0.3, 0.4) is 0 Å². The molecule has 3 N–H and O–H groups in total. The van der Waals surface area contributed by atoms with Crippen molar-refractivity contribution in [2.75, 3.05) is 22.5 Å². The molecule has 1 atom stereocenters. The van der Waals surface area contributed by atoms with Crippen molar-refractivity contribution < 1.29 is 22.4 Å². The second-order valence-corrected chi connectivity index (χ2v) is 8.34. The van der Waals surface area contributed by atoms with Crippen molar-refractivity contribution in [3.63, 3.8) is 0 Å². The normalized spacial score (nSPS) is 15.2. The number of carbonyl (C=O) groups is 1. The first-order valence-electron chi connectivity index (χ1n) is 11.6. The summed E-state index contributed by atoms with van der Waals surface area (Å²) in [5.74, 6) is -0.498. The third-order valence-electron chi connectivity index (χ3n) is 5.66. The van der Waals surface area contributed by atoms with Gasteiger partial charge in [-0.3, -0.25) is 9.79 Å². The van der Waals surface area contributed by atoms with Gasteiger partial charge in [-0.2, -0.15) is 18.4 Å². The number of para-hydroxylation sites is 1. The van der Waals surface area contributed by atoms with Crippen LogP contribution in [-0.4, -0.2) is 39.5 Å². The quantitative estimate of drug-likeness (QED) is 0.304. The molecule has 0 bridgehead atoms. The zero-order chi connectivity index (χ0) is 27.4. The number of nitrogens with one attached hydrogen (secondary N) is 3. The molecular formula is C26H19F3N8O2. The summed E-state index contributed by atoms with van der Waals surface area (Å²) in [6, 6.07) is 19.2. The minimum Gasteiger partial charge on any atom is -0.402 e. The van der Waals surface area contributed by atoms with Gasteiger partial charge in [0.25, 0.3) is 5.89 Å². The van der Waals surface area contributed by atoms with Gasteiger partial charge < -0.3 is 20.4 Å². The van der Waals surface area contributed by atoms with E-state index in [1.165, 1.54) is 0 Å². The summed E-state index contributed by atoms with van der Waals surface area (Å²) in [5, 5.41) is 25.1. The summed E-state index contributed by atoms with van der Waals surface area (Å²) in [7, 11) is 0. The fourth-order valence-corrected chi connectivity index (χ4v) is 3.94. The molecule has 196 valence electrons. The first kappa shape index (κ1) is 25.4. The summed E-state index contributed by atoms with van der Waals surface area (Å²) < 4.78 is 45.2. The second kappa shape index (κ2) is 10.6. The number of anilines is 3. The van der Waals surface area contributed by atoms with Crippen LogP contribution in [0.1, 0.15) is 23.1 Å². The molecule has 5 rings (SSSR count). The molecule has 0 saturated carbocycles. The molecule has 0 saturated heterocycles. The van der Waals surface area contributed by atoms with Crippen LogP contribution in [0.15, 0.2) is 76.3 Å². The number of nitriles is 1. The highest BCUT2D eigenvalue weighted by Gasteiger charge is 2.32. The molecule has 1 aliphatic heterocycles. The van der Waals surface area contributed by atoms with E-state index in [1.807, 2.05) is 48.5 Å². The molecule has 2 aromatic heterocycles. The first-order chi connectivity index (χ1) is 18.8. The van der Waals surface area contributed by atoms with Gasteiger partial charge >= 0.3 is 12.2 Å². The third-order valence-corrected chi connectivity index (χ3v) is 5.66. The number of aliphatic imine (C=N–C) groups is 1. The number of carbonyl (C=O) groups excluding carboxylic acids is 1. The van der Waals surface area contributed by atoms with Crippen LogP contribution in [-0.2, 0) is 11.0 Å². The van der Waals surface area contributed by atoms with Gasteiger partial charge in [-0.15, -0.1) is 5.10 Å². The van der Waals surface area contributed by atoms with E-state index in [-0.39, 0.29) is 42.2 Å². The molecule has 4 aromatic rings. The van der Waals surface area contributed by atoms with E-state index in [1.54, 1.807) is 12.1 Å². The Balaban J connectivity index is 1.48. The highest BCUT2D eigenvalue weighted by atomic mass is 19.4. The fourth-order valence-electron chi connectivity index (χ4n) is 3.94. The Hall–Kier alpha value is -5.25. The second-order valence-electron chi connectivity index (χ2n) is 8.34. The van der Waals surface area contributed by atoms with E-state index in [9.17, 15) is 18.0 Å². The van der Waals surface area contributed by atoms with Gasteiger partial charge in [0.15, 0.2) is 5.69 Å². The lowest BCUT2D eigenvalue weighted by molar-refractivity contribution is -0.137. The number of nitrogens with zero attached hydrogens (tertiary/aromatic N) is 5. The standard InChI is InChI=1S/C26H19F3N8O2/c27-26(28,29)16-12-19(31-11-10-30)23(32-14-16)24-36-37-25(39-24)35-20-13-21(38)33-18-9-5-4-8-17(18)22(34-20)15-6-2-1-3-7-15/h1-9,12,14,20,31H,11,13H2,(H,33,38)(H,35,37)/t20-/m1/s1. The lowest BCUT2D eigenvalue weighted by atomic mass is 9.99. The number of hydrogen-bond acceptors (Lipinski definition) is 9. The third kappa shape index (κ3) is 5.69. The summed E-state index contributed by atoms with van der Waals surface area (Å²) in [6.45, 7) is -0.273. The summed E-state index contributed by atoms with van der Waals surface area (Å²) in [5.41, 5.74) is 1.60. The molecule has 1 aliphatic rings. The van der Waals surface area contributed by atoms with Crippen LogP contribution >= 0.6 is 0 Å². The topological polar surface area (TPSA) is 141 Å². The maximum absolute atomic E-state index is 13.2. The predicted octanol–water partition coefficient (Wildman–Crippen LogP) is 4.70. The molecule has 0 fully saturated rings.